The normalized spacial score (nSPS) is 11.5. The summed E-state index contributed by atoms with van der Waals surface area (Å²) < 4.78 is 0. The maximum atomic E-state index is 4.78. The highest BCUT2D eigenvalue weighted by molar-refractivity contribution is 6.01. The van der Waals surface area contributed by atoms with Gasteiger partial charge >= 0.3 is 0 Å². The monoisotopic (exact) mass is 237 g/mol. The van der Waals surface area contributed by atoms with Gasteiger partial charge in [-0.05, 0) is 30.5 Å². The topological polar surface area (TPSA) is 12.4 Å². The molecule has 0 saturated heterocycles. The molecule has 0 atom stereocenters. The minimum absolute atomic E-state index is 1.03. The van der Waals surface area contributed by atoms with Crippen molar-refractivity contribution in [3.8, 4) is 0 Å². The fourth-order valence-electron chi connectivity index (χ4n) is 1.90. The van der Waals surface area contributed by atoms with E-state index in [9.17, 15) is 0 Å². The third kappa shape index (κ3) is 3.56. The number of hydrogen-bond donors (Lipinski definition) is 0. The van der Waals surface area contributed by atoms with E-state index < -0.39 is 0 Å². The van der Waals surface area contributed by atoms with Gasteiger partial charge in [0.15, 0.2) is 0 Å². The zero-order chi connectivity index (χ0) is 12.6. The Morgan fingerprint density at radius 3 is 2.11 bits per heavy atom. The molecule has 1 heteroatoms. The van der Waals surface area contributed by atoms with Crippen molar-refractivity contribution in [1.29, 1.82) is 0 Å². The first-order valence-electron chi connectivity index (χ1n) is 6.58. The van der Waals surface area contributed by atoms with Crippen LogP contribution < -0.4 is 0 Å². The van der Waals surface area contributed by atoms with Gasteiger partial charge in [0.1, 0.15) is 0 Å². The number of unbranched alkanes of at least 4 members (excludes halogenated alkanes) is 1. The highest BCUT2D eigenvalue weighted by Crippen LogP contribution is 2.16. The molecule has 0 amide bonds. The van der Waals surface area contributed by atoms with Crippen molar-refractivity contribution in [2.45, 2.75) is 26.2 Å². The van der Waals surface area contributed by atoms with Crippen LogP contribution in [0.25, 0.3) is 0 Å². The van der Waals surface area contributed by atoms with Crippen molar-refractivity contribution in [1.82, 2.24) is 0 Å². The summed E-state index contributed by atoms with van der Waals surface area (Å²) in [7, 11) is 0. The van der Waals surface area contributed by atoms with E-state index in [4.69, 9.17) is 4.99 Å². The van der Waals surface area contributed by atoms with Crippen molar-refractivity contribution in [2.24, 2.45) is 4.99 Å². The fourth-order valence-corrected chi connectivity index (χ4v) is 1.90. The summed E-state index contributed by atoms with van der Waals surface area (Å²) >= 11 is 0. The number of rotatable bonds is 5. The van der Waals surface area contributed by atoms with Crippen LogP contribution in [0, 0.1) is 0 Å². The first-order valence-corrected chi connectivity index (χ1v) is 6.58. The number of nitrogens with zero attached hydrogens (tertiary/aromatic N) is 1. The van der Waals surface area contributed by atoms with E-state index in [1.807, 2.05) is 24.3 Å². The smallest absolute Gasteiger partial charge is 0.0633 e. The molecule has 0 aliphatic heterocycles. The average molecular weight is 237 g/mol. The molecular formula is C17H19N. The molecule has 0 bridgehead atoms. The summed E-state index contributed by atoms with van der Waals surface area (Å²) in [4.78, 5) is 4.78. The zero-order valence-corrected chi connectivity index (χ0v) is 10.8. The van der Waals surface area contributed by atoms with Crippen LogP contribution in [0.4, 0.5) is 5.69 Å². The van der Waals surface area contributed by atoms with Gasteiger partial charge in [0.25, 0.3) is 0 Å². The van der Waals surface area contributed by atoms with Gasteiger partial charge in [-0.3, -0.25) is 4.99 Å². The van der Waals surface area contributed by atoms with Gasteiger partial charge in [-0.2, -0.15) is 0 Å². The quantitative estimate of drug-likeness (QED) is 0.649. The van der Waals surface area contributed by atoms with Gasteiger partial charge in [-0.1, -0.05) is 61.9 Å². The standard InChI is InChI=1S/C17H19N/c1-2-3-14-17(15-10-6-4-7-11-15)18-16-12-8-5-9-13-16/h4-13H,2-3,14H2,1H3. The molecule has 18 heavy (non-hydrogen) atoms. The largest absolute Gasteiger partial charge is 0.253 e. The number of aliphatic imine (C=N–C) groups is 1. The molecule has 0 heterocycles. The Hall–Kier alpha value is -1.89. The Morgan fingerprint density at radius 1 is 0.889 bits per heavy atom. The van der Waals surface area contributed by atoms with E-state index in [-0.39, 0.29) is 0 Å². The Kier molecular flexibility index (Phi) is 4.71. The van der Waals surface area contributed by atoms with Crippen molar-refractivity contribution in [3.63, 3.8) is 0 Å². The maximum absolute atomic E-state index is 4.78. The van der Waals surface area contributed by atoms with Crippen LogP contribution in [-0.4, -0.2) is 5.71 Å². The second-order valence-corrected chi connectivity index (χ2v) is 4.36. The highest BCUT2D eigenvalue weighted by Gasteiger charge is 2.02. The van der Waals surface area contributed by atoms with E-state index in [1.165, 1.54) is 24.1 Å². The van der Waals surface area contributed by atoms with Crippen LogP contribution in [0.1, 0.15) is 31.7 Å². The lowest BCUT2D eigenvalue weighted by Gasteiger charge is -2.06. The van der Waals surface area contributed by atoms with Crippen LogP contribution in [-0.2, 0) is 0 Å². The van der Waals surface area contributed by atoms with Gasteiger partial charge in [0.05, 0.1) is 5.69 Å². The Bertz CT molecular complexity index is 486. The predicted octanol–water partition coefficient (Wildman–Crippen LogP) is 5.00. The maximum Gasteiger partial charge on any atom is 0.0633 e. The van der Waals surface area contributed by atoms with Gasteiger partial charge in [0, 0.05) is 5.71 Å². The molecule has 2 rings (SSSR count). The van der Waals surface area contributed by atoms with Crippen molar-refractivity contribution in [2.75, 3.05) is 0 Å². The summed E-state index contributed by atoms with van der Waals surface area (Å²) in [6.07, 6.45) is 3.41. The van der Waals surface area contributed by atoms with Gasteiger partial charge < -0.3 is 0 Å². The molecule has 92 valence electrons. The molecule has 1 nitrogen and oxygen atoms in total. The molecule has 0 unspecified atom stereocenters. The minimum atomic E-state index is 1.03. The van der Waals surface area contributed by atoms with Crippen LogP contribution in [0.5, 0.6) is 0 Å². The Balaban J connectivity index is 2.28. The lowest BCUT2D eigenvalue weighted by molar-refractivity contribution is 0.835. The molecular weight excluding hydrogens is 218 g/mol. The first-order chi connectivity index (χ1) is 8.90. The first kappa shape index (κ1) is 12.6. The average Bonchev–Trinajstić information content (AvgIpc) is 2.45. The summed E-state index contributed by atoms with van der Waals surface area (Å²) in [6.45, 7) is 2.21. The summed E-state index contributed by atoms with van der Waals surface area (Å²) in [5, 5.41) is 0. The molecule has 0 aliphatic rings. The van der Waals surface area contributed by atoms with Crippen LogP contribution in [0.2, 0.25) is 0 Å². The lowest BCUT2D eigenvalue weighted by atomic mass is 10.0. The van der Waals surface area contributed by atoms with E-state index in [1.54, 1.807) is 0 Å². The lowest BCUT2D eigenvalue weighted by Crippen LogP contribution is -2.00. The molecule has 0 spiro atoms. The third-order valence-electron chi connectivity index (χ3n) is 2.89. The van der Waals surface area contributed by atoms with E-state index in [0.717, 1.165) is 12.1 Å². The SMILES string of the molecule is CCCCC(=Nc1ccccc1)c1ccccc1. The second-order valence-electron chi connectivity index (χ2n) is 4.36. The molecule has 0 saturated carbocycles. The highest BCUT2D eigenvalue weighted by atomic mass is 14.7. The molecule has 2 aromatic rings. The van der Waals surface area contributed by atoms with Crippen LogP contribution >= 0.6 is 0 Å². The molecule has 0 N–H and O–H groups in total. The van der Waals surface area contributed by atoms with Crippen molar-refractivity contribution < 1.29 is 0 Å². The summed E-state index contributed by atoms with van der Waals surface area (Å²) in [5.74, 6) is 0. The zero-order valence-electron chi connectivity index (χ0n) is 10.8. The van der Waals surface area contributed by atoms with Crippen LogP contribution in [0.3, 0.4) is 0 Å². The predicted molar refractivity (Wildman–Crippen MR) is 78.6 cm³/mol. The van der Waals surface area contributed by atoms with Gasteiger partial charge in [-0.15, -0.1) is 0 Å². The molecule has 0 aliphatic carbocycles. The van der Waals surface area contributed by atoms with Crippen molar-refractivity contribution in [3.05, 3.63) is 66.2 Å². The van der Waals surface area contributed by atoms with E-state index in [2.05, 4.69) is 43.3 Å². The fraction of sp³-hybridized carbons (Fsp3) is 0.235. The number of benzene rings is 2. The van der Waals surface area contributed by atoms with Gasteiger partial charge in [0.2, 0.25) is 0 Å². The summed E-state index contributed by atoms with van der Waals surface area (Å²) in [5.41, 5.74) is 3.45. The molecule has 0 fully saturated rings. The van der Waals surface area contributed by atoms with E-state index >= 15 is 0 Å². The Morgan fingerprint density at radius 2 is 1.50 bits per heavy atom. The molecule has 0 aromatic heterocycles. The third-order valence-corrected chi connectivity index (χ3v) is 2.89. The molecule has 0 radical (unpaired) electrons. The van der Waals surface area contributed by atoms with Crippen molar-refractivity contribution >= 4 is 11.4 Å². The Labute approximate surface area is 109 Å². The minimum Gasteiger partial charge on any atom is -0.253 e. The second kappa shape index (κ2) is 6.75. The number of para-hydroxylation sites is 1. The van der Waals surface area contributed by atoms with E-state index in [0.29, 0.717) is 0 Å². The molecule has 2 aromatic carbocycles. The summed E-state index contributed by atoms with van der Waals surface area (Å²) in [6, 6.07) is 20.6. The number of hydrogen-bond acceptors (Lipinski definition) is 1. The van der Waals surface area contributed by atoms with Crippen LogP contribution in [0.15, 0.2) is 65.7 Å². The van der Waals surface area contributed by atoms with Gasteiger partial charge in [-0.25, -0.2) is 0 Å².